The molecule has 1 aromatic carbocycles. The summed E-state index contributed by atoms with van der Waals surface area (Å²) in [6, 6.07) is 5.78. The molecule has 3 rings (SSSR count). The molecule has 6 heteroatoms. The van der Waals surface area contributed by atoms with Gasteiger partial charge in [-0.25, -0.2) is 0 Å². The number of hydrogen-bond donors (Lipinski definition) is 1. The molecule has 2 aromatic rings. The molecule has 18 heavy (non-hydrogen) atoms. The molecule has 0 spiro atoms. The van der Waals surface area contributed by atoms with Crippen LogP contribution in [0.1, 0.15) is 30.1 Å². The van der Waals surface area contributed by atoms with Crippen LogP contribution in [0.5, 0.6) is 10.9 Å². The predicted octanol–water partition coefficient (Wildman–Crippen LogP) is 3.43. The van der Waals surface area contributed by atoms with Gasteiger partial charge in [0.2, 0.25) is 0 Å². The Morgan fingerprint density at radius 1 is 1.44 bits per heavy atom. The quantitative estimate of drug-likeness (QED) is 0.935. The molecule has 2 N–H and O–H groups in total. The molecule has 0 bridgehead atoms. The molecule has 1 aromatic heterocycles. The number of aromatic nitrogens is 2. The van der Waals surface area contributed by atoms with Crippen LogP contribution < -0.4 is 10.5 Å². The van der Waals surface area contributed by atoms with Gasteiger partial charge in [0.15, 0.2) is 0 Å². The molecule has 0 aliphatic heterocycles. The number of halogens is 1. The van der Waals surface area contributed by atoms with Crippen LogP contribution in [-0.2, 0) is 6.54 Å². The van der Waals surface area contributed by atoms with E-state index in [4.69, 9.17) is 10.5 Å². The maximum absolute atomic E-state index is 5.76. The molecule has 1 aliphatic carbocycles. The highest BCUT2D eigenvalue weighted by molar-refractivity contribution is 9.10. The Morgan fingerprint density at radius 3 is 3.00 bits per heavy atom. The maximum Gasteiger partial charge on any atom is 0.298 e. The van der Waals surface area contributed by atoms with E-state index in [1.807, 2.05) is 18.2 Å². The van der Waals surface area contributed by atoms with E-state index in [2.05, 4.69) is 25.3 Å². The summed E-state index contributed by atoms with van der Waals surface area (Å²) in [5.74, 6) is 2.22. The molecular weight excluding hydrogens is 314 g/mol. The van der Waals surface area contributed by atoms with Crippen LogP contribution in [0.4, 0.5) is 0 Å². The first-order chi connectivity index (χ1) is 8.76. The number of nitrogens with zero attached hydrogens (tertiary/aromatic N) is 2. The molecule has 0 amide bonds. The number of nitrogens with two attached hydrogens (primary N) is 1. The van der Waals surface area contributed by atoms with Crippen molar-refractivity contribution in [2.75, 3.05) is 0 Å². The van der Waals surface area contributed by atoms with E-state index in [-0.39, 0.29) is 0 Å². The van der Waals surface area contributed by atoms with Crippen LogP contribution in [0.3, 0.4) is 0 Å². The Morgan fingerprint density at radius 2 is 2.28 bits per heavy atom. The summed E-state index contributed by atoms with van der Waals surface area (Å²) in [6.07, 6.45) is 2.39. The molecule has 0 radical (unpaired) electrons. The van der Waals surface area contributed by atoms with Crippen molar-refractivity contribution in [3.63, 3.8) is 0 Å². The monoisotopic (exact) mass is 325 g/mol. The van der Waals surface area contributed by atoms with Gasteiger partial charge in [0.1, 0.15) is 11.6 Å². The standard InChI is InChI=1S/C12H12BrN3OS/c13-9-3-4-10(8(5-9)6-14)17-12-15-11(16-18-12)7-1-2-7/h3-5,7H,1-2,6,14H2. The lowest BCUT2D eigenvalue weighted by Crippen LogP contribution is -1.99. The van der Waals surface area contributed by atoms with Crippen LogP contribution in [0.25, 0.3) is 0 Å². The van der Waals surface area contributed by atoms with Crippen molar-refractivity contribution in [2.24, 2.45) is 5.73 Å². The van der Waals surface area contributed by atoms with Crippen LogP contribution in [0, 0.1) is 0 Å². The zero-order valence-corrected chi connectivity index (χ0v) is 12.0. The first kappa shape index (κ1) is 12.1. The fourth-order valence-electron chi connectivity index (χ4n) is 1.67. The average Bonchev–Trinajstić information content (AvgIpc) is 3.12. The third-order valence-corrected chi connectivity index (χ3v) is 3.91. The molecule has 4 nitrogen and oxygen atoms in total. The molecule has 1 aliphatic rings. The van der Waals surface area contributed by atoms with Gasteiger partial charge in [-0.2, -0.15) is 9.36 Å². The lowest BCUT2D eigenvalue weighted by Gasteiger charge is -2.07. The summed E-state index contributed by atoms with van der Waals surface area (Å²) < 4.78 is 11.1. The molecule has 0 saturated heterocycles. The van der Waals surface area contributed by atoms with Gasteiger partial charge in [0, 0.05) is 34.0 Å². The minimum Gasteiger partial charge on any atom is -0.430 e. The Labute approximate surface area is 117 Å². The molecule has 1 saturated carbocycles. The normalized spacial score (nSPS) is 14.8. The number of hydrogen-bond acceptors (Lipinski definition) is 5. The lowest BCUT2D eigenvalue weighted by atomic mass is 10.2. The molecule has 0 atom stereocenters. The van der Waals surface area contributed by atoms with Gasteiger partial charge >= 0.3 is 0 Å². The van der Waals surface area contributed by atoms with E-state index in [0.29, 0.717) is 17.7 Å². The Kier molecular flexibility index (Phi) is 3.32. The minimum absolute atomic E-state index is 0.434. The van der Waals surface area contributed by atoms with Gasteiger partial charge in [-0.05, 0) is 31.0 Å². The first-order valence-electron chi connectivity index (χ1n) is 5.76. The van der Waals surface area contributed by atoms with Gasteiger partial charge in [0.25, 0.3) is 5.19 Å². The fourth-order valence-corrected chi connectivity index (χ4v) is 2.70. The van der Waals surface area contributed by atoms with Crippen molar-refractivity contribution < 1.29 is 4.74 Å². The van der Waals surface area contributed by atoms with Crippen molar-refractivity contribution in [1.82, 2.24) is 9.36 Å². The van der Waals surface area contributed by atoms with Crippen molar-refractivity contribution in [1.29, 1.82) is 0 Å². The summed E-state index contributed by atoms with van der Waals surface area (Å²) in [5, 5.41) is 0.592. The third kappa shape index (κ3) is 2.55. The van der Waals surface area contributed by atoms with E-state index in [9.17, 15) is 0 Å². The molecule has 94 valence electrons. The second-order valence-electron chi connectivity index (χ2n) is 4.25. The SMILES string of the molecule is NCc1cc(Br)ccc1Oc1nc(C2CC2)ns1. The Hall–Kier alpha value is -0.980. The van der Waals surface area contributed by atoms with Gasteiger partial charge in [0.05, 0.1) is 0 Å². The Balaban J connectivity index is 1.82. The maximum atomic E-state index is 5.76. The van der Waals surface area contributed by atoms with Crippen LogP contribution in [0.2, 0.25) is 0 Å². The van der Waals surface area contributed by atoms with Gasteiger partial charge < -0.3 is 10.5 Å². The second-order valence-corrected chi connectivity index (χ2v) is 5.88. The van der Waals surface area contributed by atoms with Gasteiger partial charge in [-0.15, -0.1) is 0 Å². The molecule has 1 heterocycles. The lowest BCUT2D eigenvalue weighted by molar-refractivity contribution is 0.471. The van der Waals surface area contributed by atoms with Gasteiger partial charge in [-0.3, -0.25) is 0 Å². The highest BCUT2D eigenvalue weighted by atomic mass is 79.9. The average molecular weight is 326 g/mol. The summed E-state index contributed by atoms with van der Waals surface area (Å²) in [7, 11) is 0. The van der Waals surface area contributed by atoms with Crippen molar-refractivity contribution in [3.8, 4) is 10.9 Å². The van der Waals surface area contributed by atoms with Crippen molar-refractivity contribution >= 4 is 27.5 Å². The summed E-state index contributed by atoms with van der Waals surface area (Å²) >= 11 is 4.72. The van der Waals surface area contributed by atoms with E-state index in [0.717, 1.165) is 21.6 Å². The number of ether oxygens (including phenoxy) is 1. The Bertz CT molecular complexity index is 568. The first-order valence-corrected chi connectivity index (χ1v) is 7.33. The molecular formula is C12H12BrN3OS. The number of rotatable bonds is 4. The summed E-state index contributed by atoms with van der Waals surface area (Å²) in [6.45, 7) is 0.434. The zero-order valence-electron chi connectivity index (χ0n) is 9.60. The van der Waals surface area contributed by atoms with E-state index in [1.54, 1.807) is 0 Å². The van der Waals surface area contributed by atoms with Gasteiger partial charge in [-0.1, -0.05) is 15.9 Å². The number of benzene rings is 1. The fraction of sp³-hybridized carbons (Fsp3) is 0.333. The third-order valence-electron chi connectivity index (χ3n) is 2.81. The van der Waals surface area contributed by atoms with E-state index >= 15 is 0 Å². The zero-order chi connectivity index (χ0) is 12.5. The van der Waals surface area contributed by atoms with Crippen LogP contribution in [-0.4, -0.2) is 9.36 Å². The smallest absolute Gasteiger partial charge is 0.298 e. The minimum atomic E-state index is 0.434. The van der Waals surface area contributed by atoms with Crippen molar-refractivity contribution in [2.45, 2.75) is 25.3 Å². The predicted molar refractivity (Wildman–Crippen MR) is 74.0 cm³/mol. The largest absolute Gasteiger partial charge is 0.430 e. The topological polar surface area (TPSA) is 61.0 Å². The molecule has 1 fully saturated rings. The summed E-state index contributed by atoms with van der Waals surface area (Å²) in [4.78, 5) is 4.40. The van der Waals surface area contributed by atoms with Crippen LogP contribution in [0.15, 0.2) is 22.7 Å². The van der Waals surface area contributed by atoms with Crippen molar-refractivity contribution in [3.05, 3.63) is 34.1 Å². The van der Waals surface area contributed by atoms with E-state index < -0.39 is 0 Å². The van der Waals surface area contributed by atoms with E-state index in [1.165, 1.54) is 24.4 Å². The highest BCUT2D eigenvalue weighted by Gasteiger charge is 2.28. The highest BCUT2D eigenvalue weighted by Crippen LogP contribution is 2.40. The molecule has 0 unspecified atom stereocenters. The van der Waals surface area contributed by atoms with Crippen LogP contribution >= 0.6 is 27.5 Å². The summed E-state index contributed by atoms with van der Waals surface area (Å²) in [5.41, 5.74) is 6.65. The second kappa shape index (κ2) is 4.95.